The molecule has 2 rings (SSSR count). The Morgan fingerprint density at radius 3 is 2.35 bits per heavy atom. The van der Waals surface area contributed by atoms with E-state index in [1.54, 1.807) is 54.6 Å². The predicted octanol–water partition coefficient (Wildman–Crippen LogP) is 2.32. The first kappa shape index (κ1) is 19.5. The minimum Gasteiger partial charge on any atom is -0.454 e. The van der Waals surface area contributed by atoms with Gasteiger partial charge >= 0.3 is 5.97 Å². The number of amides is 2. The molecule has 0 saturated heterocycles. The number of nitrogens with one attached hydrogen (secondary N) is 2. The Morgan fingerprint density at radius 2 is 1.69 bits per heavy atom. The van der Waals surface area contributed by atoms with Crippen molar-refractivity contribution in [1.82, 2.24) is 10.6 Å². The van der Waals surface area contributed by atoms with Gasteiger partial charge in [-0.25, -0.2) is 4.79 Å². The lowest BCUT2D eigenvalue weighted by Gasteiger charge is -2.13. The zero-order chi connectivity index (χ0) is 18.9. The van der Waals surface area contributed by atoms with Gasteiger partial charge in [0.05, 0.1) is 0 Å². The Balaban J connectivity index is 1.72. The molecule has 6 nitrogen and oxygen atoms in total. The molecule has 1 atom stereocenters. The molecule has 0 bridgehead atoms. The summed E-state index contributed by atoms with van der Waals surface area (Å²) in [5.41, 5.74) is 1.31. The summed E-state index contributed by atoms with van der Waals surface area (Å²) in [5, 5.41) is 5.77. The lowest BCUT2D eigenvalue weighted by Crippen LogP contribution is -2.40. The maximum absolute atomic E-state index is 12.0. The number of hydrogen-bond donors (Lipinski definition) is 2. The lowest BCUT2D eigenvalue weighted by molar-refractivity contribution is -0.150. The standard InChI is InChI=1S/C19H19ClN2O4/c1-13(22-18(24)15-5-3-2-4-6-15)19(25)26-12-17(23)21-11-14-7-9-16(20)10-8-14/h2-10,13H,11-12H2,1H3,(H,21,23)(H,22,24)/t13-/m0/s1. The third-order valence-electron chi connectivity index (χ3n) is 3.49. The van der Waals surface area contributed by atoms with Crippen LogP contribution in [-0.4, -0.2) is 30.4 Å². The number of ether oxygens (including phenoxy) is 1. The molecular weight excluding hydrogens is 356 g/mol. The number of esters is 1. The van der Waals surface area contributed by atoms with Crippen LogP contribution in [0.2, 0.25) is 5.02 Å². The van der Waals surface area contributed by atoms with Crippen LogP contribution in [0.5, 0.6) is 0 Å². The molecule has 0 aromatic heterocycles. The summed E-state index contributed by atoms with van der Waals surface area (Å²) in [6.45, 7) is 1.38. The summed E-state index contributed by atoms with van der Waals surface area (Å²) in [7, 11) is 0. The van der Waals surface area contributed by atoms with Crippen LogP contribution < -0.4 is 10.6 Å². The highest BCUT2D eigenvalue weighted by Crippen LogP contribution is 2.09. The average molecular weight is 375 g/mol. The Labute approximate surface area is 156 Å². The normalized spacial score (nSPS) is 11.3. The summed E-state index contributed by atoms with van der Waals surface area (Å²) in [4.78, 5) is 35.6. The van der Waals surface area contributed by atoms with E-state index in [-0.39, 0.29) is 5.91 Å². The highest BCUT2D eigenvalue weighted by Gasteiger charge is 2.18. The van der Waals surface area contributed by atoms with Crippen LogP contribution in [-0.2, 0) is 20.9 Å². The van der Waals surface area contributed by atoms with Gasteiger partial charge in [0.25, 0.3) is 11.8 Å². The van der Waals surface area contributed by atoms with E-state index in [0.717, 1.165) is 5.56 Å². The fraction of sp³-hybridized carbons (Fsp3) is 0.211. The van der Waals surface area contributed by atoms with Crippen molar-refractivity contribution in [2.45, 2.75) is 19.5 Å². The van der Waals surface area contributed by atoms with Crippen molar-refractivity contribution in [3.8, 4) is 0 Å². The molecule has 7 heteroatoms. The van der Waals surface area contributed by atoms with Crippen molar-refractivity contribution in [3.05, 3.63) is 70.7 Å². The second-order valence-electron chi connectivity index (χ2n) is 5.57. The molecule has 0 aliphatic heterocycles. The molecule has 0 saturated carbocycles. The van der Waals surface area contributed by atoms with Gasteiger partial charge in [-0.05, 0) is 36.8 Å². The third-order valence-corrected chi connectivity index (χ3v) is 3.74. The number of hydrogen-bond acceptors (Lipinski definition) is 4. The number of halogens is 1. The SMILES string of the molecule is C[C@H](NC(=O)c1ccccc1)C(=O)OCC(=O)NCc1ccc(Cl)cc1. The molecule has 2 amide bonds. The lowest BCUT2D eigenvalue weighted by atomic mass is 10.2. The van der Waals surface area contributed by atoms with Crippen molar-refractivity contribution in [2.75, 3.05) is 6.61 Å². The highest BCUT2D eigenvalue weighted by atomic mass is 35.5. The molecule has 0 heterocycles. The van der Waals surface area contributed by atoms with Crippen molar-refractivity contribution >= 4 is 29.4 Å². The molecule has 0 aliphatic rings. The van der Waals surface area contributed by atoms with Gasteiger partial charge in [0, 0.05) is 17.1 Å². The Morgan fingerprint density at radius 1 is 1.04 bits per heavy atom. The van der Waals surface area contributed by atoms with E-state index in [0.29, 0.717) is 17.1 Å². The van der Waals surface area contributed by atoms with E-state index in [2.05, 4.69) is 10.6 Å². The van der Waals surface area contributed by atoms with Crippen LogP contribution >= 0.6 is 11.6 Å². The second kappa shape index (κ2) is 9.58. The van der Waals surface area contributed by atoms with Crippen LogP contribution in [0.3, 0.4) is 0 Å². The van der Waals surface area contributed by atoms with Gasteiger partial charge in [-0.2, -0.15) is 0 Å². The Hall–Kier alpha value is -2.86. The van der Waals surface area contributed by atoms with Gasteiger partial charge in [-0.15, -0.1) is 0 Å². The van der Waals surface area contributed by atoms with E-state index in [9.17, 15) is 14.4 Å². The molecule has 2 N–H and O–H groups in total. The van der Waals surface area contributed by atoms with Crippen LogP contribution in [0, 0.1) is 0 Å². The molecule has 0 unspecified atom stereocenters. The zero-order valence-corrected chi connectivity index (χ0v) is 15.0. The molecule has 26 heavy (non-hydrogen) atoms. The van der Waals surface area contributed by atoms with E-state index in [4.69, 9.17) is 16.3 Å². The molecule has 2 aromatic rings. The van der Waals surface area contributed by atoms with Gasteiger partial charge < -0.3 is 15.4 Å². The first-order chi connectivity index (χ1) is 12.5. The van der Waals surface area contributed by atoms with Gasteiger partial charge in [-0.1, -0.05) is 41.9 Å². The van der Waals surface area contributed by atoms with E-state index in [1.165, 1.54) is 6.92 Å². The van der Waals surface area contributed by atoms with Crippen molar-refractivity contribution in [1.29, 1.82) is 0 Å². The highest BCUT2D eigenvalue weighted by molar-refractivity contribution is 6.30. The maximum atomic E-state index is 12.0. The van der Waals surface area contributed by atoms with Gasteiger partial charge in [0.1, 0.15) is 6.04 Å². The summed E-state index contributed by atoms with van der Waals surface area (Å²) in [6, 6.07) is 14.7. The largest absolute Gasteiger partial charge is 0.454 e. The number of carbonyl (C=O) groups excluding carboxylic acids is 3. The van der Waals surface area contributed by atoms with Crippen LogP contribution in [0.1, 0.15) is 22.8 Å². The molecule has 0 spiro atoms. The van der Waals surface area contributed by atoms with E-state index >= 15 is 0 Å². The van der Waals surface area contributed by atoms with Gasteiger partial charge in [0.2, 0.25) is 0 Å². The average Bonchev–Trinajstić information content (AvgIpc) is 2.66. The fourth-order valence-electron chi connectivity index (χ4n) is 2.04. The van der Waals surface area contributed by atoms with E-state index in [1.807, 2.05) is 0 Å². The fourth-order valence-corrected chi connectivity index (χ4v) is 2.17. The topological polar surface area (TPSA) is 84.5 Å². The zero-order valence-electron chi connectivity index (χ0n) is 14.2. The van der Waals surface area contributed by atoms with Crippen molar-refractivity contribution in [3.63, 3.8) is 0 Å². The molecule has 2 aromatic carbocycles. The van der Waals surface area contributed by atoms with E-state index < -0.39 is 24.5 Å². The minimum absolute atomic E-state index is 0.299. The monoisotopic (exact) mass is 374 g/mol. The minimum atomic E-state index is -0.869. The predicted molar refractivity (Wildman–Crippen MR) is 97.6 cm³/mol. The summed E-state index contributed by atoms with van der Waals surface area (Å²) >= 11 is 5.79. The van der Waals surface area contributed by atoms with Crippen molar-refractivity contribution < 1.29 is 19.1 Å². The number of benzene rings is 2. The molecule has 0 fully saturated rings. The third kappa shape index (κ3) is 6.22. The first-order valence-electron chi connectivity index (χ1n) is 7.99. The summed E-state index contributed by atoms with van der Waals surface area (Å²) < 4.78 is 4.92. The number of carbonyl (C=O) groups is 3. The molecular formula is C19H19ClN2O4. The van der Waals surface area contributed by atoms with Crippen LogP contribution in [0.4, 0.5) is 0 Å². The van der Waals surface area contributed by atoms with Gasteiger partial charge in [-0.3, -0.25) is 9.59 Å². The molecule has 136 valence electrons. The Bertz CT molecular complexity index is 763. The van der Waals surface area contributed by atoms with Gasteiger partial charge in [0.15, 0.2) is 6.61 Å². The first-order valence-corrected chi connectivity index (χ1v) is 8.37. The molecule has 0 radical (unpaired) electrons. The quantitative estimate of drug-likeness (QED) is 0.728. The maximum Gasteiger partial charge on any atom is 0.328 e. The smallest absolute Gasteiger partial charge is 0.328 e. The Kier molecular flexibility index (Phi) is 7.17. The molecule has 0 aliphatic carbocycles. The summed E-state index contributed by atoms with van der Waals surface area (Å²) in [5.74, 6) is -1.51. The number of rotatable bonds is 7. The summed E-state index contributed by atoms with van der Waals surface area (Å²) in [6.07, 6.45) is 0. The second-order valence-corrected chi connectivity index (χ2v) is 6.01. The van der Waals surface area contributed by atoms with Crippen molar-refractivity contribution in [2.24, 2.45) is 0 Å². The van der Waals surface area contributed by atoms with Crippen LogP contribution in [0.15, 0.2) is 54.6 Å². The van der Waals surface area contributed by atoms with Crippen LogP contribution in [0.25, 0.3) is 0 Å².